The number of nitrogens with zero attached hydrogens (tertiary/aromatic N) is 1. The molecule has 0 aromatic heterocycles. The Morgan fingerprint density at radius 1 is 1.25 bits per heavy atom. The molecule has 1 N–H and O–H groups in total. The van der Waals surface area contributed by atoms with Crippen molar-refractivity contribution in [2.75, 3.05) is 40.5 Å². The van der Waals surface area contributed by atoms with Crippen LogP contribution in [-0.4, -0.2) is 63.3 Å². The monoisotopic (exact) mass is 336 g/mol. The minimum atomic E-state index is -0.331. The third kappa shape index (κ3) is 4.38. The summed E-state index contributed by atoms with van der Waals surface area (Å²) in [4.78, 5) is 26.3. The summed E-state index contributed by atoms with van der Waals surface area (Å²) >= 11 is 0. The maximum atomic E-state index is 12.3. The quantitative estimate of drug-likeness (QED) is 0.870. The van der Waals surface area contributed by atoms with Crippen LogP contribution >= 0.6 is 0 Å². The highest BCUT2D eigenvalue weighted by atomic mass is 16.5. The lowest BCUT2D eigenvalue weighted by molar-refractivity contribution is -0.132. The van der Waals surface area contributed by atoms with Crippen LogP contribution in [0.2, 0.25) is 0 Å². The van der Waals surface area contributed by atoms with Crippen LogP contribution in [0.3, 0.4) is 0 Å². The molecule has 1 aliphatic rings. The number of methoxy groups -OCH3 is 2. The second-order valence-corrected chi connectivity index (χ2v) is 5.59. The first kappa shape index (κ1) is 18.1. The molecular formula is C17H24N2O5. The van der Waals surface area contributed by atoms with E-state index in [1.54, 1.807) is 23.1 Å². The number of hydrogen-bond acceptors (Lipinski definition) is 5. The number of benzene rings is 1. The molecule has 132 valence electrons. The fourth-order valence-corrected chi connectivity index (χ4v) is 2.60. The van der Waals surface area contributed by atoms with Gasteiger partial charge in [0.25, 0.3) is 5.91 Å². The van der Waals surface area contributed by atoms with Crippen molar-refractivity contribution < 1.29 is 23.8 Å². The fraction of sp³-hybridized carbons (Fsp3) is 0.529. The summed E-state index contributed by atoms with van der Waals surface area (Å²) < 4.78 is 15.7. The standard InChI is InChI=1S/C17H24N2O5/c1-12-6-8-24-9-7-19(12)16(20)11-18-17(21)13-4-5-14(22-2)15(10-13)23-3/h4-5,10,12H,6-9,11H2,1-3H3,(H,18,21). The van der Waals surface area contributed by atoms with E-state index in [-0.39, 0.29) is 24.4 Å². The summed E-state index contributed by atoms with van der Waals surface area (Å²) in [5.41, 5.74) is 0.410. The first-order valence-corrected chi connectivity index (χ1v) is 7.94. The van der Waals surface area contributed by atoms with E-state index in [2.05, 4.69) is 5.32 Å². The third-order valence-corrected chi connectivity index (χ3v) is 4.05. The average Bonchev–Trinajstić information content (AvgIpc) is 2.83. The first-order chi connectivity index (χ1) is 11.6. The molecule has 0 bridgehead atoms. The molecule has 0 radical (unpaired) electrons. The number of amides is 2. The predicted molar refractivity (Wildman–Crippen MR) is 88.5 cm³/mol. The maximum absolute atomic E-state index is 12.3. The highest BCUT2D eigenvalue weighted by Gasteiger charge is 2.22. The van der Waals surface area contributed by atoms with Crippen LogP contribution < -0.4 is 14.8 Å². The average molecular weight is 336 g/mol. The van der Waals surface area contributed by atoms with E-state index in [0.29, 0.717) is 36.8 Å². The minimum Gasteiger partial charge on any atom is -0.493 e. The molecule has 0 spiro atoms. The van der Waals surface area contributed by atoms with Crippen molar-refractivity contribution in [3.05, 3.63) is 23.8 Å². The Balaban J connectivity index is 1.96. The van der Waals surface area contributed by atoms with Crippen LogP contribution in [-0.2, 0) is 9.53 Å². The molecule has 0 aliphatic carbocycles. The fourth-order valence-electron chi connectivity index (χ4n) is 2.60. The van der Waals surface area contributed by atoms with E-state index in [1.807, 2.05) is 6.92 Å². The van der Waals surface area contributed by atoms with Crippen molar-refractivity contribution in [2.45, 2.75) is 19.4 Å². The maximum Gasteiger partial charge on any atom is 0.251 e. The van der Waals surface area contributed by atoms with Crippen molar-refractivity contribution in [1.29, 1.82) is 0 Å². The second-order valence-electron chi connectivity index (χ2n) is 5.59. The molecule has 7 heteroatoms. The Labute approximate surface area is 141 Å². The molecule has 1 unspecified atom stereocenters. The zero-order valence-corrected chi connectivity index (χ0v) is 14.3. The van der Waals surface area contributed by atoms with Gasteiger partial charge in [-0.05, 0) is 31.5 Å². The van der Waals surface area contributed by atoms with Crippen molar-refractivity contribution in [3.63, 3.8) is 0 Å². The van der Waals surface area contributed by atoms with E-state index in [4.69, 9.17) is 14.2 Å². The number of rotatable bonds is 5. The van der Waals surface area contributed by atoms with Gasteiger partial charge in [0.15, 0.2) is 11.5 Å². The van der Waals surface area contributed by atoms with Gasteiger partial charge in [0.2, 0.25) is 5.91 Å². The summed E-state index contributed by atoms with van der Waals surface area (Å²) in [6.45, 7) is 3.68. The highest BCUT2D eigenvalue weighted by Crippen LogP contribution is 2.27. The van der Waals surface area contributed by atoms with Crippen molar-refractivity contribution in [2.24, 2.45) is 0 Å². The van der Waals surface area contributed by atoms with Crippen molar-refractivity contribution in [1.82, 2.24) is 10.2 Å². The molecule has 7 nitrogen and oxygen atoms in total. The molecule has 1 fully saturated rings. The summed E-state index contributed by atoms with van der Waals surface area (Å²) in [5, 5.41) is 2.66. The van der Waals surface area contributed by atoms with Gasteiger partial charge < -0.3 is 24.4 Å². The van der Waals surface area contributed by atoms with E-state index in [0.717, 1.165) is 6.42 Å². The molecule has 1 atom stereocenters. The second kappa shape index (κ2) is 8.54. The molecular weight excluding hydrogens is 312 g/mol. The van der Waals surface area contributed by atoms with Crippen molar-refractivity contribution in [3.8, 4) is 11.5 Å². The number of carbonyl (C=O) groups is 2. The molecule has 0 saturated carbocycles. The SMILES string of the molecule is COc1ccc(C(=O)NCC(=O)N2CCOCCC2C)cc1OC. The van der Waals surface area contributed by atoms with Crippen LogP contribution in [0.15, 0.2) is 18.2 Å². The molecule has 2 amide bonds. The zero-order valence-electron chi connectivity index (χ0n) is 14.3. The van der Waals surface area contributed by atoms with Crippen molar-refractivity contribution >= 4 is 11.8 Å². The number of carbonyl (C=O) groups excluding carboxylic acids is 2. The minimum absolute atomic E-state index is 0.0441. The van der Waals surface area contributed by atoms with Crippen LogP contribution in [0.5, 0.6) is 11.5 Å². The Hall–Kier alpha value is -2.28. The third-order valence-electron chi connectivity index (χ3n) is 4.05. The lowest BCUT2D eigenvalue weighted by Gasteiger charge is -2.26. The zero-order chi connectivity index (χ0) is 17.5. The van der Waals surface area contributed by atoms with Gasteiger partial charge in [-0.15, -0.1) is 0 Å². The van der Waals surface area contributed by atoms with E-state index in [1.165, 1.54) is 14.2 Å². The van der Waals surface area contributed by atoms with Gasteiger partial charge in [0, 0.05) is 24.8 Å². The van der Waals surface area contributed by atoms with Gasteiger partial charge >= 0.3 is 0 Å². The van der Waals surface area contributed by atoms with Gasteiger partial charge in [0.1, 0.15) is 0 Å². The van der Waals surface area contributed by atoms with Crippen LogP contribution in [0.4, 0.5) is 0 Å². The van der Waals surface area contributed by atoms with E-state index in [9.17, 15) is 9.59 Å². The smallest absolute Gasteiger partial charge is 0.251 e. The van der Waals surface area contributed by atoms with Crippen LogP contribution in [0.25, 0.3) is 0 Å². The summed E-state index contributed by atoms with van der Waals surface area (Å²) in [6.07, 6.45) is 0.801. The largest absolute Gasteiger partial charge is 0.493 e. The Morgan fingerprint density at radius 2 is 2.00 bits per heavy atom. The highest BCUT2D eigenvalue weighted by molar-refractivity contribution is 5.97. The van der Waals surface area contributed by atoms with Crippen LogP contribution in [0, 0.1) is 0 Å². The molecule has 1 saturated heterocycles. The Morgan fingerprint density at radius 3 is 2.71 bits per heavy atom. The number of nitrogens with one attached hydrogen (secondary N) is 1. The number of hydrogen-bond donors (Lipinski definition) is 1. The van der Waals surface area contributed by atoms with Gasteiger partial charge in [-0.1, -0.05) is 0 Å². The molecule has 1 aromatic carbocycles. The molecule has 1 heterocycles. The summed E-state index contributed by atoms with van der Waals surface area (Å²) in [5.74, 6) is 0.572. The lowest BCUT2D eigenvalue weighted by atomic mass is 10.2. The topological polar surface area (TPSA) is 77.1 Å². The lowest BCUT2D eigenvalue weighted by Crippen LogP contribution is -2.45. The van der Waals surface area contributed by atoms with Gasteiger partial charge in [0.05, 0.1) is 27.4 Å². The molecule has 2 rings (SSSR count). The van der Waals surface area contributed by atoms with E-state index < -0.39 is 0 Å². The Bertz CT molecular complexity index is 590. The number of ether oxygens (including phenoxy) is 3. The molecule has 24 heavy (non-hydrogen) atoms. The molecule has 1 aliphatic heterocycles. The predicted octanol–water partition coefficient (Wildman–Crippen LogP) is 1.07. The first-order valence-electron chi connectivity index (χ1n) is 7.94. The van der Waals surface area contributed by atoms with Gasteiger partial charge in [-0.25, -0.2) is 0 Å². The summed E-state index contributed by atoms with van der Waals surface area (Å²) in [6, 6.07) is 4.98. The van der Waals surface area contributed by atoms with E-state index >= 15 is 0 Å². The Kier molecular flexibility index (Phi) is 6.43. The normalized spacial score (nSPS) is 17.8. The molecule has 1 aromatic rings. The van der Waals surface area contributed by atoms with Gasteiger partial charge in [-0.3, -0.25) is 9.59 Å². The van der Waals surface area contributed by atoms with Crippen LogP contribution in [0.1, 0.15) is 23.7 Å². The summed E-state index contributed by atoms with van der Waals surface area (Å²) in [7, 11) is 3.04. The van der Waals surface area contributed by atoms with Gasteiger partial charge in [-0.2, -0.15) is 0 Å².